The maximum absolute atomic E-state index is 5.84. The van der Waals surface area contributed by atoms with E-state index in [2.05, 4.69) is 18.2 Å². The first-order chi connectivity index (χ1) is 8.90. The lowest BCUT2D eigenvalue weighted by atomic mass is 10.2. The summed E-state index contributed by atoms with van der Waals surface area (Å²) in [6, 6.07) is 18.1. The van der Waals surface area contributed by atoms with Crippen LogP contribution in [0.15, 0.2) is 69.7 Å². The van der Waals surface area contributed by atoms with Crippen molar-refractivity contribution in [1.82, 2.24) is 0 Å². The van der Waals surface area contributed by atoms with E-state index in [4.69, 9.17) is 8.83 Å². The van der Waals surface area contributed by atoms with Gasteiger partial charge in [-0.1, -0.05) is 18.2 Å². The quantitative estimate of drug-likeness (QED) is 0.473. The largest absolute Gasteiger partial charge is 0.464 e. The van der Waals surface area contributed by atoms with Crippen molar-refractivity contribution in [2.45, 2.75) is 0 Å². The Kier molecular flexibility index (Phi) is 1.86. The van der Waals surface area contributed by atoms with Crippen LogP contribution in [-0.2, 0) is 0 Å². The third-order valence-electron chi connectivity index (χ3n) is 3.14. The minimum atomic E-state index is 0.877. The number of benzene rings is 1. The molecule has 18 heavy (non-hydrogen) atoms. The van der Waals surface area contributed by atoms with E-state index < -0.39 is 0 Å². The van der Waals surface area contributed by atoms with Gasteiger partial charge in [0.15, 0.2) is 0 Å². The van der Waals surface area contributed by atoms with E-state index in [1.54, 1.807) is 6.26 Å². The molecule has 4 rings (SSSR count). The Morgan fingerprint density at radius 1 is 0.722 bits per heavy atom. The fourth-order valence-electron chi connectivity index (χ4n) is 2.26. The molecule has 1 aromatic heterocycles. The molecule has 2 aliphatic rings. The highest BCUT2D eigenvalue weighted by atomic mass is 16.3. The number of furan rings is 1. The topological polar surface area (TPSA) is 26.3 Å². The minimum Gasteiger partial charge on any atom is -0.464 e. The predicted octanol–water partition coefficient (Wildman–Crippen LogP) is 4.80. The summed E-state index contributed by atoms with van der Waals surface area (Å²) in [5.74, 6) is 1.76. The second kappa shape index (κ2) is 3.50. The van der Waals surface area contributed by atoms with E-state index in [0.29, 0.717) is 0 Å². The molecule has 1 aromatic carbocycles. The van der Waals surface area contributed by atoms with Crippen LogP contribution in [-0.4, -0.2) is 0 Å². The molecule has 0 unspecified atom stereocenters. The highest BCUT2D eigenvalue weighted by molar-refractivity contribution is 5.85. The zero-order valence-electron chi connectivity index (χ0n) is 9.59. The SMILES string of the molecule is c1coc2cc(-c3cc4ccccc4o3)cc-2c1. The average molecular weight is 234 g/mol. The summed E-state index contributed by atoms with van der Waals surface area (Å²) in [4.78, 5) is 0. The fourth-order valence-corrected chi connectivity index (χ4v) is 2.26. The molecule has 0 radical (unpaired) electrons. The third kappa shape index (κ3) is 1.36. The molecule has 2 heteroatoms. The first kappa shape index (κ1) is 9.54. The summed E-state index contributed by atoms with van der Waals surface area (Å²) in [7, 11) is 0. The summed E-state index contributed by atoms with van der Waals surface area (Å²) >= 11 is 0. The van der Waals surface area contributed by atoms with Crippen molar-refractivity contribution in [2.24, 2.45) is 0 Å². The summed E-state index contributed by atoms with van der Waals surface area (Å²) in [5, 5.41) is 1.12. The molecule has 1 aliphatic carbocycles. The summed E-state index contributed by atoms with van der Waals surface area (Å²) in [6.07, 6.45) is 1.69. The second-order valence-corrected chi connectivity index (χ2v) is 4.33. The molecule has 0 fully saturated rings. The molecule has 0 saturated heterocycles. The van der Waals surface area contributed by atoms with Crippen molar-refractivity contribution in [3.8, 4) is 22.6 Å². The summed E-state index contributed by atoms with van der Waals surface area (Å²) < 4.78 is 11.3. The van der Waals surface area contributed by atoms with Crippen LogP contribution < -0.4 is 0 Å². The van der Waals surface area contributed by atoms with Gasteiger partial charge in [-0.15, -0.1) is 0 Å². The molecular formula is C16H10O2. The standard InChI is InChI=1S/C16H10O2/c1-2-6-14-12(4-1)9-16(18-14)13-8-11-5-3-7-17-15(11)10-13/h1-10H. The average Bonchev–Trinajstić information content (AvgIpc) is 3.02. The van der Waals surface area contributed by atoms with Crippen LogP contribution >= 0.6 is 0 Å². The number of hydrogen-bond donors (Lipinski definition) is 0. The smallest absolute Gasteiger partial charge is 0.135 e. The first-order valence-corrected chi connectivity index (χ1v) is 5.86. The van der Waals surface area contributed by atoms with Crippen molar-refractivity contribution in [1.29, 1.82) is 0 Å². The first-order valence-electron chi connectivity index (χ1n) is 5.86. The Hall–Kier alpha value is -2.48. The minimum absolute atomic E-state index is 0.877. The molecule has 0 spiro atoms. The van der Waals surface area contributed by atoms with Crippen LogP contribution in [0.25, 0.3) is 33.6 Å². The van der Waals surface area contributed by atoms with Gasteiger partial charge in [-0.25, -0.2) is 0 Å². The van der Waals surface area contributed by atoms with Crippen LogP contribution in [0.2, 0.25) is 0 Å². The molecule has 2 heterocycles. The van der Waals surface area contributed by atoms with Gasteiger partial charge in [0.25, 0.3) is 0 Å². The Morgan fingerprint density at radius 3 is 2.56 bits per heavy atom. The fraction of sp³-hybridized carbons (Fsp3) is 0. The third-order valence-corrected chi connectivity index (χ3v) is 3.14. The number of para-hydroxylation sites is 1. The van der Waals surface area contributed by atoms with E-state index in [0.717, 1.165) is 33.6 Å². The molecule has 2 nitrogen and oxygen atoms in total. The van der Waals surface area contributed by atoms with Gasteiger partial charge in [0.2, 0.25) is 0 Å². The Labute approximate surface area is 104 Å². The van der Waals surface area contributed by atoms with Crippen molar-refractivity contribution >= 4 is 11.0 Å². The molecule has 0 saturated carbocycles. The molecule has 86 valence electrons. The highest BCUT2D eigenvalue weighted by Crippen LogP contribution is 2.34. The zero-order chi connectivity index (χ0) is 11.9. The lowest BCUT2D eigenvalue weighted by Gasteiger charge is -1.91. The molecule has 0 N–H and O–H groups in total. The van der Waals surface area contributed by atoms with Gasteiger partial charge in [0.05, 0.1) is 6.26 Å². The summed E-state index contributed by atoms with van der Waals surface area (Å²) in [5.41, 5.74) is 3.05. The second-order valence-electron chi connectivity index (χ2n) is 4.33. The van der Waals surface area contributed by atoms with Gasteiger partial charge in [-0.05, 0) is 36.4 Å². The molecule has 0 amide bonds. The molecular weight excluding hydrogens is 224 g/mol. The Bertz CT molecular complexity index is 728. The molecule has 0 atom stereocenters. The van der Waals surface area contributed by atoms with Gasteiger partial charge >= 0.3 is 0 Å². The molecule has 0 bridgehead atoms. The van der Waals surface area contributed by atoms with Crippen LogP contribution in [0, 0.1) is 0 Å². The lowest BCUT2D eigenvalue weighted by Crippen LogP contribution is -1.67. The molecule has 2 aromatic rings. The van der Waals surface area contributed by atoms with Gasteiger partial charge in [-0.2, -0.15) is 0 Å². The van der Waals surface area contributed by atoms with Crippen LogP contribution in [0.3, 0.4) is 0 Å². The lowest BCUT2D eigenvalue weighted by molar-refractivity contribution is 0.567. The van der Waals surface area contributed by atoms with Crippen molar-refractivity contribution in [3.05, 3.63) is 60.9 Å². The van der Waals surface area contributed by atoms with Crippen molar-refractivity contribution in [2.75, 3.05) is 0 Å². The van der Waals surface area contributed by atoms with Gasteiger partial charge < -0.3 is 8.83 Å². The molecule has 1 aliphatic heterocycles. The van der Waals surface area contributed by atoms with E-state index in [9.17, 15) is 0 Å². The highest BCUT2D eigenvalue weighted by Gasteiger charge is 2.12. The Morgan fingerprint density at radius 2 is 1.67 bits per heavy atom. The van der Waals surface area contributed by atoms with Gasteiger partial charge in [0, 0.05) is 16.5 Å². The van der Waals surface area contributed by atoms with Gasteiger partial charge in [-0.3, -0.25) is 0 Å². The Balaban J connectivity index is 1.94. The number of hydrogen-bond acceptors (Lipinski definition) is 2. The van der Waals surface area contributed by atoms with Crippen LogP contribution in [0.4, 0.5) is 0 Å². The maximum atomic E-state index is 5.84. The van der Waals surface area contributed by atoms with Crippen molar-refractivity contribution < 1.29 is 8.83 Å². The van der Waals surface area contributed by atoms with E-state index in [1.165, 1.54) is 0 Å². The van der Waals surface area contributed by atoms with E-state index >= 15 is 0 Å². The predicted molar refractivity (Wildman–Crippen MR) is 70.5 cm³/mol. The van der Waals surface area contributed by atoms with Crippen LogP contribution in [0.5, 0.6) is 0 Å². The maximum Gasteiger partial charge on any atom is 0.135 e. The number of fused-ring (bicyclic) bond motifs is 2. The monoisotopic (exact) mass is 234 g/mol. The van der Waals surface area contributed by atoms with E-state index in [1.807, 2.05) is 36.4 Å². The van der Waals surface area contributed by atoms with Crippen LogP contribution in [0.1, 0.15) is 0 Å². The summed E-state index contributed by atoms with van der Waals surface area (Å²) in [6.45, 7) is 0. The normalized spacial score (nSPS) is 11.3. The van der Waals surface area contributed by atoms with Crippen molar-refractivity contribution in [3.63, 3.8) is 0 Å². The zero-order valence-corrected chi connectivity index (χ0v) is 9.59. The van der Waals surface area contributed by atoms with Gasteiger partial charge in [0.1, 0.15) is 17.1 Å². The van der Waals surface area contributed by atoms with E-state index in [-0.39, 0.29) is 0 Å². The number of rotatable bonds is 1.